The molecule has 0 aromatic carbocycles. The summed E-state index contributed by atoms with van der Waals surface area (Å²) < 4.78 is 0. The van der Waals surface area contributed by atoms with Crippen molar-refractivity contribution in [3.05, 3.63) is 0 Å². The third kappa shape index (κ3) is 4.18. The van der Waals surface area contributed by atoms with Gasteiger partial charge in [0, 0.05) is 38.1 Å². The monoisotopic (exact) mass is 349 g/mol. The van der Waals surface area contributed by atoms with Crippen molar-refractivity contribution in [1.29, 1.82) is 0 Å². The SMILES string of the molecule is CCN(C(=O)CN1CCC[C@H]1[C@@H]1CCCN1C(C)=O)C1CCCCC1. The van der Waals surface area contributed by atoms with E-state index in [1.54, 1.807) is 6.92 Å². The van der Waals surface area contributed by atoms with Crippen molar-refractivity contribution < 1.29 is 9.59 Å². The highest BCUT2D eigenvalue weighted by Crippen LogP contribution is 2.30. The number of nitrogens with zero attached hydrogens (tertiary/aromatic N) is 3. The summed E-state index contributed by atoms with van der Waals surface area (Å²) in [6.45, 7) is 7.05. The Morgan fingerprint density at radius 3 is 2.28 bits per heavy atom. The fraction of sp³-hybridized carbons (Fsp3) is 0.900. The first-order valence-corrected chi connectivity index (χ1v) is 10.4. The van der Waals surface area contributed by atoms with E-state index in [9.17, 15) is 9.59 Å². The van der Waals surface area contributed by atoms with E-state index in [0.717, 1.165) is 45.3 Å². The zero-order chi connectivity index (χ0) is 17.8. The summed E-state index contributed by atoms with van der Waals surface area (Å²) in [5, 5.41) is 0. The first-order valence-electron chi connectivity index (χ1n) is 10.4. The van der Waals surface area contributed by atoms with Gasteiger partial charge in [-0.05, 0) is 52.0 Å². The van der Waals surface area contributed by atoms with Crippen molar-refractivity contribution in [3.63, 3.8) is 0 Å². The molecular weight excluding hydrogens is 314 g/mol. The lowest BCUT2D eigenvalue weighted by Gasteiger charge is -2.37. The zero-order valence-corrected chi connectivity index (χ0v) is 16.1. The minimum absolute atomic E-state index is 0.193. The maximum Gasteiger partial charge on any atom is 0.236 e. The molecule has 0 aromatic heterocycles. The van der Waals surface area contributed by atoms with Crippen LogP contribution in [-0.4, -0.2) is 70.8 Å². The number of rotatable bonds is 5. The molecular formula is C20H35N3O2. The van der Waals surface area contributed by atoms with Crippen LogP contribution >= 0.6 is 0 Å². The summed E-state index contributed by atoms with van der Waals surface area (Å²) in [5.41, 5.74) is 0. The molecule has 2 heterocycles. The van der Waals surface area contributed by atoms with E-state index in [1.807, 2.05) is 4.90 Å². The summed E-state index contributed by atoms with van der Waals surface area (Å²) in [6, 6.07) is 1.14. The topological polar surface area (TPSA) is 43.9 Å². The lowest BCUT2D eigenvalue weighted by Crippen LogP contribution is -2.52. The van der Waals surface area contributed by atoms with Gasteiger partial charge in [0.25, 0.3) is 0 Å². The van der Waals surface area contributed by atoms with Gasteiger partial charge in [-0.2, -0.15) is 0 Å². The van der Waals surface area contributed by atoms with Crippen molar-refractivity contribution in [2.24, 2.45) is 0 Å². The van der Waals surface area contributed by atoms with Crippen LogP contribution in [0.2, 0.25) is 0 Å². The second-order valence-corrected chi connectivity index (χ2v) is 8.07. The molecule has 3 fully saturated rings. The molecule has 0 spiro atoms. The van der Waals surface area contributed by atoms with Crippen LogP contribution < -0.4 is 0 Å². The van der Waals surface area contributed by atoms with Crippen molar-refractivity contribution in [1.82, 2.24) is 14.7 Å². The van der Waals surface area contributed by atoms with E-state index < -0.39 is 0 Å². The summed E-state index contributed by atoms with van der Waals surface area (Å²) in [7, 11) is 0. The van der Waals surface area contributed by atoms with Crippen molar-refractivity contribution in [2.75, 3.05) is 26.2 Å². The van der Waals surface area contributed by atoms with Gasteiger partial charge in [-0.1, -0.05) is 19.3 Å². The molecule has 2 aliphatic heterocycles. The van der Waals surface area contributed by atoms with Gasteiger partial charge in [0.2, 0.25) is 11.8 Å². The van der Waals surface area contributed by atoms with Gasteiger partial charge < -0.3 is 9.80 Å². The molecule has 142 valence electrons. The molecule has 1 saturated carbocycles. The van der Waals surface area contributed by atoms with E-state index in [4.69, 9.17) is 0 Å². The van der Waals surface area contributed by atoms with Crippen LogP contribution in [0.15, 0.2) is 0 Å². The van der Waals surface area contributed by atoms with Crippen LogP contribution in [0.3, 0.4) is 0 Å². The molecule has 5 nitrogen and oxygen atoms in total. The Balaban J connectivity index is 1.62. The van der Waals surface area contributed by atoms with Gasteiger partial charge in [0.1, 0.15) is 0 Å². The number of hydrogen-bond donors (Lipinski definition) is 0. The van der Waals surface area contributed by atoms with Crippen LogP contribution in [0, 0.1) is 0 Å². The van der Waals surface area contributed by atoms with E-state index in [-0.39, 0.29) is 5.91 Å². The molecule has 2 saturated heterocycles. The van der Waals surface area contributed by atoms with Crippen molar-refractivity contribution in [3.8, 4) is 0 Å². The average molecular weight is 350 g/mol. The second kappa shape index (κ2) is 8.52. The summed E-state index contributed by atoms with van der Waals surface area (Å²) in [4.78, 5) is 31.5. The second-order valence-electron chi connectivity index (χ2n) is 8.07. The molecule has 0 radical (unpaired) electrons. The molecule has 2 amide bonds. The fourth-order valence-corrected chi connectivity index (χ4v) is 5.36. The molecule has 0 unspecified atom stereocenters. The maximum atomic E-state index is 13.0. The molecule has 2 atom stereocenters. The Hall–Kier alpha value is -1.10. The summed E-state index contributed by atoms with van der Waals surface area (Å²) in [6.07, 6.45) is 10.6. The highest BCUT2D eigenvalue weighted by molar-refractivity contribution is 5.78. The first-order chi connectivity index (χ1) is 12.1. The largest absolute Gasteiger partial charge is 0.339 e. The van der Waals surface area contributed by atoms with Gasteiger partial charge >= 0.3 is 0 Å². The molecule has 3 aliphatic rings. The molecule has 3 rings (SSSR count). The fourth-order valence-electron chi connectivity index (χ4n) is 5.36. The van der Waals surface area contributed by atoms with Crippen LogP contribution in [0.1, 0.15) is 71.6 Å². The maximum absolute atomic E-state index is 13.0. The number of carbonyl (C=O) groups is 2. The number of hydrogen-bond acceptors (Lipinski definition) is 3. The van der Waals surface area contributed by atoms with Crippen LogP contribution in [-0.2, 0) is 9.59 Å². The number of amides is 2. The lowest BCUT2D eigenvalue weighted by atomic mass is 9.94. The third-order valence-electron chi connectivity index (χ3n) is 6.58. The van der Waals surface area contributed by atoms with E-state index in [1.165, 1.54) is 32.1 Å². The van der Waals surface area contributed by atoms with Gasteiger partial charge in [-0.3, -0.25) is 14.5 Å². The van der Waals surface area contributed by atoms with Gasteiger partial charge in [0.05, 0.1) is 6.54 Å². The summed E-state index contributed by atoms with van der Waals surface area (Å²) in [5.74, 6) is 0.492. The van der Waals surface area contributed by atoms with E-state index in [0.29, 0.717) is 30.6 Å². The van der Waals surface area contributed by atoms with Gasteiger partial charge in [0.15, 0.2) is 0 Å². The van der Waals surface area contributed by atoms with E-state index >= 15 is 0 Å². The molecule has 1 aliphatic carbocycles. The molecule has 0 N–H and O–H groups in total. The summed E-state index contributed by atoms with van der Waals surface area (Å²) >= 11 is 0. The number of carbonyl (C=O) groups excluding carboxylic acids is 2. The van der Waals surface area contributed by atoms with Crippen molar-refractivity contribution >= 4 is 11.8 Å². The average Bonchev–Trinajstić information content (AvgIpc) is 3.25. The van der Waals surface area contributed by atoms with Crippen LogP contribution in [0.4, 0.5) is 0 Å². The smallest absolute Gasteiger partial charge is 0.236 e. The Labute approximate surface area is 152 Å². The Morgan fingerprint density at radius 2 is 1.60 bits per heavy atom. The molecule has 0 bridgehead atoms. The zero-order valence-electron chi connectivity index (χ0n) is 16.1. The quantitative estimate of drug-likeness (QED) is 0.766. The predicted octanol–water partition coefficient (Wildman–Crippen LogP) is 2.64. The highest BCUT2D eigenvalue weighted by Gasteiger charge is 2.39. The normalized spacial score (nSPS) is 28.5. The Bertz CT molecular complexity index is 476. The Kier molecular flexibility index (Phi) is 6.37. The third-order valence-corrected chi connectivity index (χ3v) is 6.58. The highest BCUT2D eigenvalue weighted by atomic mass is 16.2. The Morgan fingerprint density at radius 1 is 0.920 bits per heavy atom. The van der Waals surface area contributed by atoms with Gasteiger partial charge in [-0.15, -0.1) is 0 Å². The van der Waals surface area contributed by atoms with Gasteiger partial charge in [-0.25, -0.2) is 0 Å². The lowest BCUT2D eigenvalue weighted by molar-refractivity contribution is -0.136. The number of likely N-dealkylation sites (tertiary alicyclic amines) is 2. The van der Waals surface area contributed by atoms with Crippen LogP contribution in [0.5, 0.6) is 0 Å². The van der Waals surface area contributed by atoms with Crippen molar-refractivity contribution in [2.45, 2.75) is 89.8 Å². The minimum atomic E-state index is 0.193. The molecule has 0 aromatic rings. The number of likely N-dealkylation sites (N-methyl/N-ethyl adjacent to an activating group) is 1. The van der Waals surface area contributed by atoms with Crippen LogP contribution in [0.25, 0.3) is 0 Å². The van der Waals surface area contributed by atoms with E-state index in [2.05, 4.69) is 16.7 Å². The molecule has 25 heavy (non-hydrogen) atoms. The standard InChI is InChI=1S/C20H35N3O2/c1-3-22(17-9-5-4-6-10-17)20(25)15-21-13-7-11-18(21)19-12-8-14-23(19)16(2)24/h17-19H,3-15H2,1-2H3/t18-,19-/m0/s1. The molecule has 5 heteroatoms. The predicted molar refractivity (Wildman–Crippen MR) is 99.3 cm³/mol. The first kappa shape index (κ1) is 18.7. The minimum Gasteiger partial charge on any atom is -0.339 e.